The van der Waals surface area contributed by atoms with Crippen LogP contribution in [0.3, 0.4) is 0 Å². The molecule has 1 heterocycles. The topological polar surface area (TPSA) is 17.1 Å². The zero-order valence-corrected chi connectivity index (χ0v) is 13.0. The summed E-state index contributed by atoms with van der Waals surface area (Å²) < 4.78 is 1.30. The lowest BCUT2D eigenvalue weighted by Crippen LogP contribution is -1.98. The van der Waals surface area contributed by atoms with Crippen LogP contribution in [0.25, 0.3) is 21.2 Å². The average molecular weight is 294 g/mol. The fourth-order valence-corrected chi connectivity index (χ4v) is 3.49. The predicted octanol–water partition coefficient (Wildman–Crippen LogP) is 5.94. The molecule has 0 bridgehead atoms. The third-order valence-corrected chi connectivity index (χ3v) is 4.72. The van der Waals surface area contributed by atoms with Crippen LogP contribution in [0.2, 0.25) is 0 Å². The van der Waals surface area contributed by atoms with Gasteiger partial charge in [0, 0.05) is 27.6 Å². The fourth-order valence-electron chi connectivity index (χ4n) is 2.52. The second-order valence-corrected chi connectivity index (χ2v) is 6.16. The Morgan fingerprint density at radius 1 is 1.05 bits per heavy atom. The quantitative estimate of drug-likeness (QED) is 0.532. The minimum Gasteiger partial charge on any atom is -0.294 e. The van der Waals surface area contributed by atoms with E-state index in [0.717, 1.165) is 18.4 Å². The van der Waals surface area contributed by atoms with Gasteiger partial charge in [0.15, 0.2) is 5.78 Å². The van der Waals surface area contributed by atoms with Crippen molar-refractivity contribution < 1.29 is 4.79 Å². The maximum atomic E-state index is 12.0. The molecule has 0 aliphatic heterocycles. The first-order chi connectivity index (χ1) is 10.3. The molecule has 0 N–H and O–H groups in total. The molecule has 2 aromatic carbocycles. The van der Waals surface area contributed by atoms with Gasteiger partial charge >= 0.3 is 0 Å². The lowest BCUT2D eigenvalue weighted by Gasteiger charge is -2.03. The van der Waals surface area contributed by atoms with E-state index < -0.39 is 0 Å². The SMILES string of the molecule is CCCCC(=O)c1ccc(-c2csc3ccccc23)cc1. The molecule has 3 aromatic rings. The summed E-state index contributed by atoms with van der Waals surface area (Å²) in [6, 6.07) is 16.5. The van der Waals surface area contributed by atoms with Gasteiger partial charge in [-0.25, -0.2) is 0 Å². The highest BCUT2D eigenvalue weighted by Crippen LogP contribution is 2.33. The molecule has 0 radical (unpaired) electrons. The highest BCUT2D eigenvalue weighted by atomic mass is 32.1. The molecule has 0 saturated heterocycles. The molecule has 3 rings (SSSR count). The molecule has 1 aromatic heterocycles. The first kappa shape index (κ1) is 14.0. The number of rotatable bonds is 5. The Hall–Kier alpha value is -1.93. The highest BCUT2D eigenvalue weighted by Gasteiger charge is 2.08. The zero-order chi connectivity index (χ0) is 14.7. The van der Waals surface area contributed by atoms with E-state index in [4.69, 9.17) is 0 Å². The van der Waals surface area contributed by atoms with E-state index in [1.165, 1.54) is 21.2 Å². The normalized spacial score (nSPS) is 10.9. The summed E-state index contributed by atoms with van der Waals surface area (Å²) in [4.78, 5) is 12.0. The van der Waals surface area contributed by atoms with Crippen molar-refractivity contribution in [3.63, 3.8) is 0 Å². The van der Waals surface area contributed by atoms with Gasteiger partial charge in [0.2, 0.25) is 0 Å². The van der Waals surface area contributed by atoms with Gasteiger partial charge in [-0.05, 0) is 23.4 Å². The Balaban J connectivity index is 1.89. The predicted molar refractivity (Wildman–Crippen MR) is 91.1 cm³/mol. The van der Waals surface area contributed by atoms with Gasteiger partial charge in [-0.15, -0.1) is 11.3 Å². The van der Waals surface area contributed by atoms with Gasteiger partial charge in [-0.1, -0.05) is 55.8 Å². The average Bonchev–Trinajstić information content (AvgIpc) is 2.97. The van der Waals surface area contributed by atoms with Crippen molar-refractivity contribution >= 4 is 27.2 Å². The van der Waals surface area contributed by atoms with E-state index >= 15 is 0 Å². The second kappa shape index (κ2) is 6.23. The Morgan fingerprint density at radius 2 is 1.81 bits per heavy atom. The van der Waals surface area contributed by atoms with Gasteiger partial charge < -0.3 is 0 Å². The Bertz CT molecular complexity index is 753. The van der Waals surface area contributed by atoms with Gasteiger partial charge in [0.05, 0.1) is 0 Å². The van der Waals surface area contributed by atoms with Gasteiger partial charge in [-0.3, -0.25) is 4.79 Å². The number of fused-ring (bicyclic) bond motifs is 1. The zero-order valence-electron chi connectivity index (χ0n) is 12.1. The molecular formula is C19H18OS. The molecule has 106 valence electrons. The Kier molecular flexibility index (Phi) is 4.16. The Morgan fingerprint density at radius 3 is 2.57 bits per heavy atom. The summed E-state index contributed by atoms with van der Waals surface area (Å²) in [6.07, 6.45) is 2.68. The molecule has 21 heavy (non-hydrogen) atoms. The standard InChI is InChI=1S/C19H18OS/c1-2-3-7-18(20)15-11-9-14(10-12-15)17-13-21-19-8-5-4-6-16(17)19/h4-6,8-13H,2-3,7H2,1H3. The summed E-state index contributed by atoms with van der Waals surface area (Å²) in [6.45, 7) is 2.11. The van der Waals surface area contributed by atoms with Crippen LogP contribution >= 0.6 is 11.3 Å². The largest absolute Gasteiger partial charge is 0.294 e. The number of unbranched alkanes of at least 4 members (excludes halogenated alkanes) is 1. The molecule has 2 heteroatoms. The molecule has 0 aliphatic rings. The third-order valence-electron chi connectivity index (χ3n) is 3.76. The van der Waals surface area contributed by atoms with Crippen LogP contribution in [-0.2, 0) is 0 Å². The number of hydrogen-bond donors (Lipinski definition) is 0. The van der Waals surface area contributed by atoms with Crippen molar-refractivity contribution in [1.82, 2.24) is 0 Å². The molecule has 1 nitrogen and oxygen atoms in total. The Labute approximate surface area is 129 Å². The van der Waals surface area contributed by atoms with Crippen LogP contribution in [0.15, 0.2) is 53.9 Å². The van der Waals surface area contributed by atoms with Crippen LogP contribution < -0.4 is 0 Å². The smallest absolute Gasteiger partial charge is 0.162 e. The first-order valence-electron chi connectivity index (χ1n) is 7.39. The van der Waals surface area contributed by atoms with Crippen LogP contribution in [0.4, 0.5) is 0 Å². The summed E-state index contributed by atoms with van der Waals surface area (Å²) in [7, 11) is 0. The van der Waals surface area contributed by atoms with E-state index in [1.54, 1.807) is 11.3 Å². The number of thiophene rings is 1. The van der Waals surface area contributed by atoms with E-state index in [2.05, 4.69) is 48.7 Å². The maximum Gasteiger partial charge on any atom is 0.162 e. The van der Waals surface area contributed by atoms with Crippen molar-refractivity contribution in [3.8, 4) is 11.1 Å². The van der Waals surface area contributed by atoms with Crippen molar-refractivity contribution in [1.29, 1.82) is 0 Å². The minimum atomic E-state index is 0.249. The van der Waals surface area contributed by atoms with E-state index in [0.29, 0.717) is 6.42 Å². The molecule has 0 unspecified atom stereocenters. The minimum absolute atomic E-state index is 0.249. The second-order valence-electron chi connectivity index (χ2n) is 5.25. The van der Waals surface area contributed by atoms with Crippen LogP contribution in [0.1, 0.15) is 36.5 Å². The molecule has 0 amide bonds. The summed E-state index contributed by atoms with van der Waals surface area (Å²) in [5, 5.41) is 3.48. The first-order valence-corrected chi connectivity index (χ1v) is 8.27. The van der Waals surface area contributed by atoms with Crippen molar-refractivity contribution in [2.45, 2.75) is 26.2 Å². The fraction of sp³-hybridized carbons (Fsp3) is 0.211. The number of hydrogen-bond acceptors (Lipinski definition) is 2. The monoisotopic (exact) mass is 294 g/mol. The number of benzene rings is 2. The van der Waals surface area contributed by atoms with Crippen LogP contribution in [0, 0.1) is 0 Å². The molecule has 0 atom stereocenters. The van der Waals surface area contributed by atoms with Crippen LogP contribution in [-0.4, -0.2) is 5.78 Å². The molecular weight excluding hydrogens is 276 g/mol. The van der Waals surface area contributed by atoms with Crippen molar-refractivity contribution in [2.75, 3.05) is 0 Å². The maximum absolute atomic E-state index is 12.0. The molecule has 0 saturated carbocycles. The molecule has 0 fully saturated rings. The number of ketones is 1. The third kappa shape index (κ3) is 2.91. The number of carbonyl (C=O) groups excluding carboxylic acids is 1. The van der Waals surface area contributed by atoms with E-state index in [9.17, 15) is 4.79 Å². The number of carbonyl (C=O) groups is 1. The van der Waals surface area contributed by atoms with Gasteiger partial charge in [0.1, 0.15) is 0 Å². The van der Waals surface area contributed by atoms with Crippen molar-refractivity contribution in [3.05, 3.63) is 59.5 Å². The van der Waals surface area contributed by atoms with Gasteiger partial charge in [0.25, 0.3) is 0 Å². The van der Waals surface area contributed by atoms with Crippen LogP contribution in [0.5, 0.6) is 0 Å². The van der Waals surface area contributed by atoms with Crippen molar-refractivity contribution in [2.24, 2.45) is 0 Å². The summed E-state index contributed by atoms with van der Waals surface area (Å²) in [5.74, 6) is 0.249. The number of Topliss-reactive ketones (excluding diaryl/α,β-unsaturated/α-hetero) is 1. The molecule has 0 spiro atoms. The van der Waals surface area contributed by atoms with E-state index in [1.807, 2.05) is 12.1 Å². The lowest BCUT2D eigenvalue weighted by atomic mass is 10.0. The summed E-state index contributed by atoms with van der Waals surface area (Å²) >= 11 is 1.76. The highest BCUT2D eigenvalue weighted by molar-refractivity contribution is 7.17. The lowest BCUT2D eigenvalue weighted by molar-refractivity contribution is 0.0980. The molecule has 0 aliphatic carbocycles. The van der Waals surface area contributed by atoms with Gasteiger partial charge in [-0.2, -0.15) is 0 Å². The summed E-state index contributed by atoms with van der Waals surface area (Å²) in [5.41, 5.74) is 3.26. The van der Waals surface area contributed by atoms with E-state index in [-0.39, 0.29) is 5.78 Å².